The minimum Gasteiger partial charge on any atom is -0.457 e. The highest BCUT2D eigenvalue weighted by molar-refractivity contribution is 9.10. The molecule has 0 aromatic heterocycles. The van der Waals surface area contributed by atoms with Gasteiger partial charge in [0, 0.05) is 15.3 Å². The SMILES string of the molecule is O=C(CSC1CCCCC1)OCC(=O)c1ccc(Br)cc1. The lowest BCUT2D eigenvalue weighted by atomic mass is 10.0. The molecule has 1 aliphatic carbocycles. The van der Waals surface area contributed by atoms with E-state index in [0.717, 1.165) is 4.47 Å². The van der Waals surface area contributed by atoms with E-state index in [1.54, 1.807) is 36.0 Å². The third-order valence-electron chi connectivity index (χ3n) is 3.52. The van der Waals surface area contributed by atoms with Crippen molar-refractivity contribution in [2.45, 2.75) is 37.4 Å². The third-order valence-corrected chi connectivity index (χ3v) is 5.39. The molecule has 1 fully saturated rings. The van der Waals surface area contributed by atoms with Gasteiger partial charge in [0.25, 0.3) is 0 Å². The van der Waals surface area contributed by atoms with Gasteiger partial charge < -0.3 is 4.74 Å². The van der Waals surface area contributed by atoms with Gasteiger partial charge >= 0.3 is 5.97 Å². The van der Waals surface area contributed by atoms with Crippen LogP contribution in [0.25, 0.3) is 0 Å². The maximum absolute atomic E-state index is 11.9. The molecule has 5 heteroatoms. The summed E-state index contributed by atoms with van der Waals surface area (Å²) in [6.07, 6.45) is 6.21. The zero-order valence-corrected chi connectivity index (χ0v) is 14.2. The molecule has 0 bridgehead atoms. The van der Waals surface area contributed by atoms with E-state index in [0.29, 0.717) is 16.6 Å². The smallest absolute Gasteiger partial charge is 0.316 e. The van der Waals surface area contributed by atoms with Gasteiger partial charge in [-0.3, -0.25) is 9.59 Å². The highest BCUT2D eigenvalue weighted by Crippen LogP contribution is 2.28. The molecule has 1 aromatic rings. The van der Waals surface area contributed by atoms with Crippen LogP contribution in [0.4, 0.5) is 0 Å². The summed E-state index contributed by atoms with van der Waals surface area (Å²) >= 11 is 4.98. The van der Waals surface area contributed by atoms with Gasteiger partial charge in [-0.25, -0.2) is 0 Å². The average molecular weight is 371 g/mol. The Kier molecular flexibility index (Phi) is 6.77. The molecule has 0 unspecified atom stereocenters. The normalized spacial score (nSPS) is 15.7. The Labute approximate surface area is 138 Å². The largest absolute Gasteiger partial charge is 0.457 e. The van der Waals surface area contributed by atoms with Crippen LogP contribution < -0.4 is 0 Å². The van der Waals surface area contributed by atoms with Crippen molar-refractivity contribution in [3.05, 3.63) is 34.3 Å². The summed E-state index contributed by atoms with van der Waals surface area (Å²) < 4.78 is 5.98. The number of esters is 1. The van der Waals surface area contributed by atoms with Gasteiger partial charge in [0.05, 0.1) is 5.75 Å². The highest BCUT2D eigenvalue weighted by Gasteiger charge is 2.16. The van der Waals surface area contributed by atoms with Gasteiger partial charge in [-0.05, 0) is 25.0 Å². The number of ether oxygens (including phenoxy) is 1. The molecular weight excluding hydrogens is 352 g/mol. The molecule has 0 saturated heterocycles. The van der Waals surface area contributed by atoms with Crippen molar-refractivity contribution in [2.75, 3.05) is 12.4 Å². The predicted molar refractivity (Wildman–Crippen MR) is 88.8 cm³/mol. The molecule has 1 aliphatic rings. The first-order chi connectivity index (χ1) is 10.1. The fraction of sp³-hybridized carbons (Fsp3) is 0.500. The molecule has 114 valence electrons. The van der Waals surface area contributed by atoms with Gasteiger partial charge in [-0.2, -0.15) is 0 Å². The molecule has 0 spiro atoms. The van der Waals surface area contributed by atoms with Crippen molar-refractivity contribution < 1.29 is 14.3 Å². The van der Waals surface area contributed by atoms with Gasteiger partial charge in [0.2, 0.25) is 0 Å². The van der Waals surface area contributed by atoms with E-state index < -0.39 is 0 Å². The predicted octanol–water partition coefficient (Wildman–Crippen LogP) is 4.24. The second-order valence-electron chi connectivity index (χ2n) is 5.16. The molecule has 3 nitrogen and oxygen atoms in total. The third kappa shape index (κ3) is 5.83. The minimum atomic E-state index is -0.295. The molecule has 0 heterocycles. The summed E-state index contributed by atoms with van der Waals surface area (Å²) in [7, 11) is 0. The highest BCUT2D eigenvalue weighted by atomic mass is 79.9. The van der Waals surface area contributed by atoms with E-state index in [4.69, 9.17) is 4.74 Å². The van der Waals surface area contributed by atoms with E-state index in [2.05, 4.69) is 15.9 Å². The number of hydrogen-bond acceptors (Lipinski definition) is 4. The Balaban J connectivity index is 1.68. The Morgan fingerprint density at radius 1 is 1.14 bits per heavy atom. The van der Waals surface area contributed by atoms with Crippen LogP contribution in [0.1, 0.15) is 42.5 Å². The van der Waals surface area contributed by atoms with Crippen LogP contribution in [0.5, 0.6) is 0 Å². The molecule has 2 rings (SSSR count). The standard InChI is InChI=1S/C16H19BrO3S/c17-13-8-6-12(7-9-13)15(18)10-20-16(19)11-21-14-4-2-1-3-5-14/h6-9,14H,1-5,10-11H2. The van der Waals surface area contributed by atoms with E-state index in [1.807, 2.05) is 0 Å². The maximum Gasteiger partial charge on any atom is 0.316 e. The van der Waals surface area contributed by atoms with E-state index in [1.165, 1.54) is 32.1 Å². The first-order valence-corrected chi connectivity index (χ1v) is 9.05. The van der Waals surface area contributed by atoms with Crippen LogP contribution in [0.2, 0.25) is 0 Å². The Hall–Kier alpha value is -0.810. The zero-order valence-electron chi connectivity index (χ0n) is 11.8. The molecule has 0 radical (unpaired) electrons. The number of carbonyl (C=O) groups is 2. The van der Waals surface area contributed by atoms with E-state index in [9.17, 15) is 9.59 Å². The summed E-state index contributed by atoms with van der Waals surface area (Å²) in [5.74, 6) is -0.118. The van der Waals surface area contributed by atoms with E-state index >= 15 is 0 Å². The van der Waals surface area contributed by atoms with Crippen molar-refractivity contribution in [2.24, 2.45) is 0 Å². The number of hydrogen-bond donors (Lipinski definition) is 0. The topological polar surface area (TPSA) is 43.4 Å². The number of Topliss-reactive ketones (excluding diaryl/α,β-unsaturated/α-hetero) is 1. The lowest BCUT2D eigenvalue weighted by Crippen LogP contribution is -2.17. The molecule has 1 saturated carbocycles. The fourth-order valence-electron chi connectivity index (χ4n) is 2.32. The summed E-state index contributed by atoms with van der Waals surface area (Å²) in [6.45, 7) is -0.175. The first kappa shape index (κ1) is 16.6. The van der Waals surface area contributed by atoms with Crippen LogP contribution in [0.3, 0.4) is 0 Å². The second-order valence-corrected chi connectivity index (χ2v) is 7.37. The Bertz CT molecular complexity index is 481. The van der Waals surface area contributed by atoms with Gasteiger partial charge in [0.15, 0.2) is 12.4 Å². The average Bonchev–Trinajstić information content (AvgIpc) is 2.52. The van der Waals surface area contributed by atoms with Crippen molar-refractivity contribution in [3.8, 4) is 0 Å². The lowest BCUT2D eigenvalue weighted by Gasteiger charge is -2.20. The molecule has 0 N–H and O–H groups in total. The molecule has 0 atom stereocenters. The molecule has 0 amide bonds. The van der Waals surface area contributed by atoms with Gasteiger partial charge in [-0.15, -0.1) is 11.8 Å². The van der Waals surface area contributed by atoms with Crippen LogP contribution in [0.15, 0.2) is 28.7 Å². The number of carbonyl (C=O) groups excluding carboxylic acids is 2. The van der Waals surface area contributed by atoms with Crippen molar-refractivity contribution in [1.29, 1.82) is 0 Å². The van der Waals surface area contributed by atoms with Crippen molar-refractivity contribution in [1.82, 2.24) is 0 Å². The minimum absolute atomic E-state index is 0.168. The van der Waals surface area contributed by atoms with Crippen molar-refractivity contribution in [3.63, 3.8) is 0 Å². The summed E-state index contributed by atoms with van der Waals surface area (Å²) in [5, 5.41) is 0.577. The van der Waals surface area contributed by atoms with Gasteiger partial charge in [0.1, 0.15) is 0 Å². The number of benzene rings is 1. The fourth-order valence-corrected chi connectivity index (χ4v) is 3.71. The number of ketones is 1. The molecular formula is C16H19BrO3S. The Morgan fingerprint density at radius 3 is 2.48 bits per heavy atom. The quantitative estimate of drug-likeness (QED) is 0.554. The number of thioether (sulfide) groups is 1. The summed E-state index contributed by atoms with van der Waals surface area (Å²) in [6, 6.07) is 7.04. The molecule has 0 aliphatic heterocycles. The summed E-state index contributed by atoms with van der Waals surface area (Å²) in [5.41, 5.74) is 0.561. The Morgan fingerprint density at radius 2 is 1.81 bits per heavy atom. The van der Waals surface area contributed by atoms with Crippen molar-refractivity contribution >= 4 is 39.4 Å². The first-order valence-electron chi connectivity index (χ1n) is 7.21. The molecule has 1 aromatic carbocycles. The van der Waals surface area contributed by atoms with Crippen LogP contribution in [0, 0.1) is 0 Å². The van der Waals surface area contributed by atoms with E-state index in [-0.39, 0.29) is 18.4 Å². The van der Waals surface area contributed by atoms with Gasteiger partial charge in [-0.1, -0.05) is 47.3 Å². The lowest BCUT2D eigenvalue weighted by molar-refractivity contribution is -0.139. The van der Waals surface area contributed by atoms with Crippen LogP contribution in [-0.2, 0) is 9.53 Å². The number of halogens is 1. The second kappa shape index (κ2) is 8.59. The molecule has 21 heavy (non-hydrogen) atoms. The summed E-state index contributed by atoms with van der Waals surface area (Å²) in [4.78, 5) is 23.5. The monoisotopic (exact) mass is 370 g/mol. The maximum atomic E-state index is 11.9. The van der Waals surface area contributed by atoms with Crippen LogP contribution in [-0.4, -0.2) is 29.4 Å². The zero-order chi connectivity index (χ0) is 15.1. The van der Waals surface area contributed by atoms with Crippen LogP contribution >= 0.6 is 27.7 Å². The number of rotatable bonds is 6.